The smallest absolute Gasteiger partial charge is 0.236 e. The lowest BCUT2D eigenvalue weighted by atomic mass is 9.47. The molecule has 1 saturated heterocycles. The molecule has 5 N–H and O–H groups in total. The van der Waals surface area contributed by atoms with Gasteiger partial charge in [-0.15, -0.1) is 0 Å². The lowest BCUT2D eigenvalue weighted by molar-refractivity contribution is -0.147. The van der Waals surface area contributed by atoms with E-state index in [1.165, 1.54) is 20.7 Å². The van der Waals surface area contributed by atoms with Crippen LogP contribution in [0.2, 0.25) is 0 Å². The van der Waals surface area contributed by atoms with E-state index in [-0.39, 0.29) is 36.2 Å². The molecule has 12 heteroatoms. The number of benzene rings is 1. The van der Waals surface area contributed by atoms with Gasteiger partial charge in [-0.2, -0.15) is 4.31 Å². The highest BCUT2D eigenvalue weighted by molar-refractivity contribution is 9.11. The van der Waals surface area contributed by atoms with Gasteiger partial charge in [0.05, 0.1) is 12.2 Å². The normalized spacial score (nSPS) is 35.3. The van der Waals surface area contributed by atoms with Crippen LogP contribution in [0.25, 0.3) is 0 Å². The predicted octanol–water partition coefficient (Wildman–Crippen LogP) is 4.24. The van der Waals surface area contributed by atoms with E-state index in [0.29, 0.717) is 40.1 Å². The third-order valence-corrected chi connectivity index (χ3v) is 11.3. The average Bonchev–Trinajstić information content (AvgIpc) is 2.72. The molecule has 4 bridgehead atoms. The minimum absolute atomic E-state index is 0.0143. The number of nitrogens with one attached hydrogen (secondary N) is 1. The van der Waals surface area contributed by atoms with Crippen molar-refractivity contribution in [2.24, 2.45) is 28.9 Å². The third kappa shape index (κ3) is 4.17. The van der Waals surface area contributed by atoms with Crippen LogP contribution in [0.15, 0.2) is 21.1 Å². The van der Waals surface area contributed by atoms with Crippen LogP contribution in [-0.2, 0) is 9.59 Å². The van der Waals surface area contributed by atoms with Crippen molar-refractivity contribution in [2.75, 3.05) is 23.9 Å². The van der Waals surface area contributed by atoms with Crippen molar-refractivity contribution < 1.29 is 23.1 Å². The van der Waals surface area contributed by atoms with Crippen molar-refractivity contribution in [1.29, 1.82) is 0 Å². The van der Waals surface area contributed by atoms with Gasteiger partial charge in [-0.1, -0.05) is 0 Å². The second-order valence-corrected chi connectivity index (χ2v) is 13.9. The van der Waals surface area contributed by atoms with Crippen LogP contribution in [0.5, 0.6) is 0 Å². The van der Waals surface area contributed by atoms with Crippen molar-refractivity contribution in [3.8, 4) is 0 Å². The van der Waals surface area contributed by atoms with Gasteiger partial charge in [0.2, 0.25) is 11.8 Å². The van der Waals surface area contributed by atoms with Gasteiger partial charge in [0.15, 0.2) is 0 Å². The summed E-state index contributed by atoms with van der Waals surface area (Å²) in [5.41, 5.74) is 5.78. The number of anilines is 1. The van der Waals surface area contributed by atoms with Gasteiger partial charge in [-0.25, -0.2) is 4.39 Å². The van der Waals surface area contributed by atoms with E-state index in [0.717, 1.165) is 32.1 Å². The monoisotopic (exact) mass is 622 g/mol. The van der Waals surface area contributed by atoms with Crippen molar-refractivity contribution in [1.82, 2.24) is 9.62 Å². The molecule has 188 valence electrons. The molecule has 5 fully saturated rings. The quantitative estimate of drug-likeness (QED) is 0.390. The molecule has 0 radical (unpaired) electrons. The standard InChI is InChI=1S/C22H29Br2FN4O4S/c23-16-6-15(25)7-17(24)20(16)29-3-1-2-28(34(29,32)33)11-18(30)27-19-13-4-12-5-14(19)10-22(8-12,9-13)21(26)31/h6-7,12-14,19,32-33H,1-5,8-11H2,(H2,26,31)(H,27,30). The summed E-state index contributed by atoms with van der Waals surface area (Å²) in [4.78, 5) is 25.3. The maximum Gasteiger partial charge on any atom is 0.236 e. The molecule has 34 heavy (non-hydrogen) atoms. The lowest BCUT2D eigenvalue weighted by Gasteiger charge is -2.59. The first-order chi connectivity index (χ1) is 16.0. The number of rotatable bonds is 5. The fraction of sp³-hybridized carbons (Fsp3) is 0.636. The zero-order valence-corrected chi connectivity index (χ0v) is 22.5. The Morgan fingerprint density at radius 1 is 1.15 bits per heavy atom. The Hall–Kier alpha value is -0.920. The van der Waals surface area contributed by atoms with Gasteiger partial charge in [0.25, 0.3) is 0 Å². The first-order valence-electron chi connectivity index (χ1n) is 11.5. The first-order valence-corrected chi connectivity index (χ1v) is 14.6. The molecule has 5 aliphatic rings. The molecule has 8 nitrogen and oxygen atoms in total. The molecule has 1 aromatic rings. The highest BCUT2D eigenvalue weighted by Gasteiger charge is 2.58. The number of nitrogens with zero attached hydrogens (tertiary/aromatic N) is 2. The summed E-state index contributed by atoms with van der Waals surface area (Å²) < 4.78 is 39.6. The van der Waals surface area contributed by atoms with Crippen LogP contribution >= 0.6 is 42.8 Å². The lowest BCUT2D eigenvalue weighted by Crippen LogP contribution is -2.62. The summed E-state index contributed by atoms with van der Waals surface area (Å²) in [6.45, 7) is 0.551. The van der Waals surface area contributed by atoms with Crippen LogP contribution in [0.4, 0.5) is 10.1 Å². The van der Waals surface area contributed by atoms with Gasteiger partial charge >= 0.3 is 0 Å². The molecule has 1 aromatic carbocycles. The van der Waals surface area contributed by atoms with E-state index in [1.807, 2.05) is 0 Å². The molecular weight excluding hydrogens is 595 g/mol. The largest absolute Gasteiger partial charge is 0.369 e. The molecule has 1 heterocycles. The molecule has 0 spiro atoms. The number of carbonyl (C=O) groups excluding carboxylic acids is 2. The molecule has 6 rings (SSSR count). The number of halogens is 3. The number of nitrogens with two attached hydrogens (primary N) is 1. The number of primary amides is 1. The summed E-state index contributed by atoms with van der Waals surface area (Å²) in [6.07, 6.45) is 4.91. The first kappa shape index (κ1) is 24.8. The van der Waals surface area contributed by atoms with E-state index >= 15 is 0 Å². The fourth-order valence-corrected chi connectivity index (χ4v) is 10.5. The minimum Gasteiger partial charge on any atom is -0.369 e. The van der Waals surface area contributed by atoms with Crippen molar-refractivity contribution >= 4 is 60.3 Å². The summed E-state index contributed by atoms with van der Waals surface area (Å²) >= 11 is 6.64. The summed E-state index contributed by atoms with van der Waals surface area (Å²) in [7, 11) is -3.49. The highest BCUT2D eigenvalue weighted by atomic mass is 79.9. The SMILES string of the molecule is NC(=O)C12CC3CC(C1)C(NC(=O)CN1CCCN(c4c(Br)cc(F)cc4Br)S1(O)O)C(C3)C2. The summed E-state index contributed by atoms with van der Waals surface area (Å²) in [5.74, 6) is 0.0234. The molecule has 4 aliphatic carbocycles. The van der Waals surface area contributed by atoms with Crippen LogP contribution < -0.4 is 15.4 Å². The van der Waals surface area contributed by atoms with E-state index in [2.05, 4.69) is 37.2 Å². The van der Waals surface area contributed by atoms with E-state index < -0.39 is 22.2 Å². The summed E-state index contributed by atoms with van der Waals surface area (Å²) in [5, 5.41) is 3.16. The number of carbonyl (C=O) groups is 2. The van der Waals surface area contributed by atoms with Crippen LogP contribution in [0.1, 0.15) is 38.5 Å². The molecule has 0 aromatic heterocycles. The molecule has 1 aliphatic heterocycles. The zero-order valence-electron chi connectivity index (χ0n) is 18.6. The number of hydrogen-bond donors (Lipinski definition) is 4. The Balaban J connectivity index is 1.29. The fourth-order valence-electron chi connectivity index (χ4n) is 6.90. The van der Waals surface area contributed by atoms with Gasteiger partial charge in [-0.3, -0.25) is 23.0 Å². The van der Waals surface area contributed by atoms with Crippen LogP contribution in [-0.4, -0.2) is 50.9 Å². The molecular formula is C22H29Br2FN4O4S. The Kier molecular flexibility index (Phi) is 6.47. The Bertz CT molecular complexity index is 992. The minimum atomic E-state index is -3.49. The van der Waals surface area contributed by atoms with Gasteiger partial charge < -0.3 is 11.1 Å². The number of hydrogen-bond acceptors (Lipinski definition) is 6. The van der Waals surface area contributed by atoms with Crippen molar-refractivity contribution in [3.05, 3.63) is 26.9 Å². The molecule has 2 amide bonds. The third-order valence-electron chi connectivity index (χ3n) is 8.09. The van der Waals surface area contributed by atoms with Crippen LogP contribution in [0, 0.1) is 29.0 Å². The predicted molar refractivity (Wildman–Crippen MR) is 135 cm³/mol. The second-order valence-electron chi connectivity index (χ2n) is 10.2. The van der Waals surface area contributed by atoms with Gasteiger partial charge in [-0.05, 0) is 111 Å². The van der Waals surface area contributed by atoms with E-state index in [1.54, 1.807) is 0 Å². The van der Waals surface area contributed by atoms with E-state index in [4.69, 9.17) is 5.73 Å². The Morgan fingerprint density at radius 2 is 1.76 bits per heavy atom. The Labute approximate surface area is 216 Å². The highest BCUT2D eigenvalue weighted by Crippen LogP contribution is 2.60. The average molecular weight is 624 g/mol. The van der Waals surface area contributed by atoms with Crippen LogP contribution in [0.3, 0.4) is 0 Å². The van der Waals surface area contributed by atoms with Gasteiger partial charge in [0, 0.05) is 33.5 Å². The maximum atomic E-state index is 13.7. The van der Waals surface area contributed by atoms with Crippen molar-refractivity contribution in [2.45, 2.75) is 44.6 Å². The van der Waals surface area contributed by atoms with Gasteiger partial charge in [0.1, 0.15) is 5.82 Å². The molecule has 2 unspecified atom stereocenters. The second kappa shape index (κ2) is 8.88. The topological polar surface area (TPSA) is 119 Å². The number of amides is 2. The zero-order chi connectivity index (χ0) is 24.4. The van der Waals surface area contributed by atoms with E-state index in [9.17, 15) is 23.1 Å². The summed E-state index contributed by atoms with van der Waals surface area (Å²) in [6, 6.07) is 2.53. The van der Waals surface area contributed by atoms with Crippen molar-refractivity contribution in [3.63, 3.8) is 0 Å². The Morgan fingerprint density at radius 3 is 2.35 bits per heavy atom. The molecule has 4 saturated carbocycles. The molecule has 2 atom stereocenters. The maximum absolute atomic E-state index is 13.7.